The van der Waals surface area contributed by atoms with Gasteiger partial charge in [-0.3, -0.25) is 0 Å². The summed E-state index contributed by atoms with van der Waals surface area (Å²) in [6, 6.07) is 3.67. The smallest absolute Gasteiger partial charge is 0.279 e. The first-order valence-electron chi connectivity index (χ1n) is 7.21. The molecule has 0 aromatic carbocycles. The van der Waals surface area contributed by atoms with Crippen molar-refractivity contribution < 1.29 is 13.2 Å². The van der Waals surface area contributed by atoms with E-state index in [1.807, 2.05) is 38.9 Å². The number of pyridine rings is 1. The van der Waals surface area contributed by atoms with Crippen molar-refractivity contribution in [2.45, 2.75) is 26.0 Å². The molecule has 0 aliphatic carbocycles. The number of hydrogen-bond acceptors (Lipinski definition) is 5. The van der Waals surface area contributed by atoms with E-state index in [-0.39, 0.29) is 6.54 Å². The third-order valence-corrected chi connectivity index (χ3v) is 4.96. The molecule has 22 heavy (non-hydrogen) atoms. The third-order valence-electron chi connectivity index (χ3n) is 3.46. The molecule has 1 aliphatic rings. The van der Waals surface area contributed by atoms with E-state index in [0.29, 0.717) is 19.7 Å². The minimum atomic E-state index is -3.52. The van der Waals surface area contributed by atoms with E-state index in [2.05, 4.69) is 9.71 Å². The molecule has 0 bridgehead atoms. The highest BCUT2D eigenvalue weighted by atomic mass is 32.2. The monoisotopic (exact) mass is 328 g/mol. The molecule has 7 nitrogen and oxygen atoms in total. The van der Waals surface area contributed by atoms with Gasteiger partial charge in [0.1, 0.15) is 5.82 Å². The van der Waals surface area contributed by atoms with Gasteiger partial charge in [-0.15, -0.1) is 0 Å². The lowest BCUT2D eigenvalue weighted by atomic mass is 10.1. The molecule has 1 aliphatic heterocycles. The molecule has 1 aromatic heterocycles. The second kappa shape index (κ2) is 6.49. The molecule has 1 saturated heterocycles. The van der Waals surface area contributed by atoms with Crippen LogP contribution in [0.1, 0.15) is 19.4 Å². The van der Waals surface area contributed by atoms with Crippen LogP contribution in [0.25, 0.3) is 0 Å². The van der Waals surface area contributed by atoms with Gasteiger partial charge in [0.25, 0.3) is 10.2 Å². The first-order valence-corrected chi connectivity index (χ1v) is 8.65. The van der Waals surface area contributed by atoms with Gasteiger partial charge in [0.15, 0.2) is 0 Å². The van der Waals surface area contributed by atoms with E-state index in [1.54, 1.807) is 12.3 Å². The number of hydrogen-bond donors (Lipinski definition) is 1. The Labute approximate surface area is 132 Å². The summed E-state index contributed by atoms with van der Waals surface area (Å²) in [4.78, 5) is 6.09. The molecule has 0 amide bonds. The third kappa shape index (κ3) is 4.39. The summed E-state index contributed by atoms with van der Waals surface area (Å²) in [5.74, 6) is 0.796. The normalized spacial score (nSPS) is 19.1. The zero-order valence-corrected chi connectivity index (χ0v) is 14.4. The van der Waals surface area contributed by atoms with E-state index in [0.717, 1.165) is 11.4 Å². The largest absolute Gasteiger partial charge is 0.373 e. The van der Waals surface area contributed by atoms with E-state index in [4.69, 9.17) is 4.74 Å². The van der Waals surface area contributed by atoms with Crippen LogP contribution < -0.4 is 9.62 Å². The molecule has 2 rings (SSSR count). The van der Waals surface area contributed by atoms with Crippen LogP contribution in [-0.4, -0.2) is 57.1 Å². The van der Waals surface area contributed by atoms with E-state index in [9.17, 15) is 8.42 Å². The predicted molar refractivity (Wildman–Crippen MR) is 85.9 cm³/mol. The van der Waals surface area contributed by atoms with Crippen LogP contribution in [0.15, 0.2) is 18.3 Å². The summed E-state index contributed by atoms with van der Waals surface area (Å²) < 4.78 is 34.4. The Hall–Kier alpha value is -1.22. The van der Waals surface area contributed by atoms with Gasteiger partial charge in [0.2, 0.25) is 0 Å². The summed E-state index contributed by atoms with van der Waals surface area (Å²) in [6.07, 6.45) is 1.68. The summed E-state index contributed by atoms with van der Waals surface area (Å²) in [7, 11) is 0.274. The van der Waals surface area contributed by atoms with Gasteiger partial charge >= 0.3 is 0 Å². The zero-order valence-electron chi connectivity index (χ0n) is 13.5. The van der Waals surface area contributed by atoms with Crippen LogP contribution >= 0.6 is 0 Å². The topological polar surface area (TPSA) is 74.8 Å². The van der Waals surface area contributed by atoms with Crippen molar-refractivity contribution in [2.75, 3.05) is 38.7 Å². The van der Waals surface area contributed by atoms with Crippen LogP contribution in [-0.2, 0) is 21.5 Å². The summed E-state index contributed by atoms with van der Waals surface area (Å²) in [5.41, 5.74) is 0.414. The fourth-order valence-corrected chi connectivity index (χ4v) is 3.59. The highest BCUT2D eigenvalue weighted by Gasteiger charge is 2.33. The molecule has 124 valence electrons. The molecule has 2 heterocycles. The minimum Gasteiger partial charge on any atom is -0.373 e. The lowest BCUT2D eigenvalue weighted by Gasteiger charge is -2.37. The molecule has 1 aromatic rings. The maximum Gasteiger partial charge on any atom is 0.279 e. The number of nitrogens with one attached hydrogen (secondary N) is 1. The molecule has 1 N–H and O–H groups in total. The Morgan fingerprint density at radius 3 is 2.82 bits per heavy atom. The average molecular weight is 328 g/mol. The second-order valence-corrected chi connectivity index (χ2v) is 7.94. The minimum absolute atomic E-state index is 0.240. The zero-order chi connectivity index (χ0) is 16.4. The van der Waals surface area contributed by atoms with Gasteiger partial charge in [-0.25, -0.2) is 4.98 Å². The number of morpholine rings is 1. The van der Waals surface area contributed by atoms with E-state index in [1.165, 1.54) is 4.31 Å². The molecule has 0 saturated carbocycles. The van der Waals surface area contributed by atoms with Gasteiger partial charge in [-0.1, -0.05) is 0 Å². The van der Waals surface area contributed by atoms with Crippen LogP contribution in [0.3, 0.4) is 0 Å². The highest BCUT2D eigenvalue weighted by Crippen LogP contribution is 2.18. The highest BCUT2D eigenvalue weighted by molar-refractivity contribution is 7.87. The molecule has 0 spiro atoms. The van der Waals surface area contributed by atoms with E-state index < -0.39 is 15.8 Å². The predicted octanol–water partition coefficient (Wildman–Crippen LogP) is 0.593. The Kier molecular flexibility index (Phi) is 5.06. The fraction of sp³-hybridized carbons (Fsp3) is 0.643. The Morgan fingerprint density at radius 1 is 1.45 bits per heavy atom. The van der Waals surface area contributed by atoms with Crippen molar-refractivity contribution in [2.24, 2.45) is 0 Å². The van der Waals surface area contributed by atoms with Gasteiger partial charge in [0, 0.05) is 39.9 Å². The van der Waals surface area contributed by atoms with Gasteiger partial charge in [-0.2, -0.15) is 17.4 Å². The molecular weight excluding hydrogens is 304 g/mol. The van der Waals surface area contributed by atoms with Crippen molar-refractivity contribution in [3.05, 3.63) is 23.9 Å². The summed E-state index contributed by atoms with van der Waals surface area (Å²) in [6.45, 7) is 5.15. The van der Waals surface area contributed by atoms with Crippen molar-refractivity contribution in [1.82, 2.24) is 14.0 Å². The molecule has 1 fully saturated rings. The summed E-state index contributed by atoms with van der Waals surface area (Å²) >= 11 is 0. The lowest BCUT2D eigenvalue weighted by molar-refractivity contribution is -0.0643. The molecule has 0 radical (unpaired) electrons. The van der Waals surface area contributed by atoms with Gasteiger partial charge in [0.05, 0.1) is 12.2 Å². The molecular formula is C14H24N4O3S. The Balaban J connectivity index is 2.02. The maximum atomic E-state index is 12.4. The van der Waals surface area contributed by atoms with Crippen molar-refractivity contribution in [3.63, 3.8) is 0 Å². The fourth-order valence-electron chi connectivity index (χ4n) is 2.26. The first-order chi connectivity index (χ1) is 10.2. The van der Waals surface area contributed by atoms with Crippen LogP contribution in [0.4, 0.5) is 5.82 Å². The van der Waals surface area contributed by atoms with Crippen molar-refractivity contribution in [3.8, 4) is 0 Å². The molecule has 0 unspecified atom stereocenters. The second-order valence-electron chi connectivity index (χ2n) is 6.18. The first kappa shape index (κ1) is 17.1. The molecule has 0 atom stereocenters. The number of rotatable bonds is 5. The number of aromatic nitrogens is 1. The van der Waals surface area contributed by atoms with Crippen LogP contribution in [0.2, 0.25) is 0 Å². The number of ether oxygens (including phenoxy) is 1. The van der Waals surface area contributed by atoms with Crippen molar-refractivity contribution in [1.29, 1.82) is 0 Å². The quantitative estimate of drug-likeness (QED) is 0.856. The number of anilines is 1. The average Bonchev–Trinajstić information content (AvgIpc) is 2.44. The number of nitrogens with zero attached hydrogens (tertiary/aromatic N) is 3. The Bertz CT molecular complexity index is 616. The summed E-state index contributed by atoms with van der Waals surface area (Å²) in [5, 5.41) is 0. The SMILES string of the molecule is CN(C)c1cc(CNS(=O)(=O)N2CCOC(C)(C)C2)ccn1. The maximum absolute atomic E-state index is 12.4. The lowest BCUT2D eigenvalue weighted by Crippen LogP contribution is -2.53. The van der Waals surface area contributed by atoms with Gasteiger partial charge < -0.3 is 9.64 Å². The molecule has 8 heteroatoms. The van der Waals surface area contributed by atoms with E-state index >= 15 is 0 Å². The van der Waals surface area contributed by atoms with Gasteiger partial charge in [-0.05, 0) is 31.5 Å². The van der Waals surface area contributed by atoms with Crippen molar-refractivity contribution >= 4 is 16.0 Å². The van der Waals surface area contributed by atoms with Crippen LogP contribution in [0.5, 0.6) is 0 Å². The van der Waals surface area contributed by atoms with Crippen LogP contribution in [0, 0.1) is 0 Å². The standard InChI is InChI=1S/C14H24N4O3S/c1-14(2)11-18(7-8-21-14)22(19,20)16-10-12-5-6-15-13(9-12)17(3)4/h5-6,9,16H,7-8,10-11H2,1-4H3. The Morgan fingerprint density at radius 2 is 2.18 bits per heavy atom.